The Kier molecular flexibility index (Phi) is 4.14. The average molecular weight is 256 g/mol. The smallest absolute Gasteiger partial charge is 0.416 e. The quantitative estimate of drug-likeness (QED) is 0.608. The fourth-order valence-electron chi connectivity index (χ4n) is 1.80. The molecule has 1 rings (SSSR count). The van der Waals surface area contributed by atoms with Gasteiger partial charge in [0.05, 0.1) is 12.1 Å². The number of carbonyl (C=O) groups excluding carboxylic acids is 1. The van der Waals surface area contributed by atoms with E-state index in [-0.39, 0.29) is 12.1 Å². The third kappa shape index (κ3) is 3.19. The second-order valence-electron chi connectivity index (χ2n) is 5.04. The first-order chi connectivity index (χ1) is 7.80. The Labute approximate surface area is 108 Å². The van der Waals surface area contributed by atoms with Crippen molar-refractivity contribution in [1.29, 1.82) is 0 Å². The summed E-state index contributed by atoms with van der Waals surface area (Å²) < 4.78 is 5.34. The van der Waals surface area contributed by atoms with E-state index >= 15 is 0 Å². The normalized spacial score (nSPS) is 24.5. The van der Waals surface area contributed by atoms with Crippen LogP contribution < -0.4 is 5.32 Å². The van der Waals surface area contributed by atoms with E-state index in [1.165, 1.54) is 4.90 Å². The number of rotatable bonds is 2. The fraction of sp³-hybridized carbons (Fsp3) is 0.667. The highest BCUT2D eigenvalue weighted by atomic mass is 32.1. The van der Waals surface area contributed by atoms with Crippen LogP contribution in [0.1, 0.15) is 34.1 Å². The Bertz CT molecular complexity index is 336. The summed E-state index contributed by atoms with van der Waals surface area (Å²) in [4.78, 5) is 13.6. The highest BCUT2D eigenvalue weighted by Gasteiger charge is 2.40. The van der Waals surface area contributed by atoms with Crippen molar-refractivity contribution >= 4 is 23.4 Å². The number of thiocarbonyl (C=S) groups is 1. The monoisotopic (exact) mass is 256 g/mol. The van der Waals surface area contributed by atoms with E-state index in [1.54, 1.807) is 6.08 Å². The van der Waals surface area contributed by atoms with Gasteiger partial charge in [0, 0.05) is 0 Å². The summed E-state index contributed by atoms with van der Waals surface area (Å²) in [6, 6.07) is -0.0186. The van der Waals surface area contributed by atoms with Crippen molar-refractivity contribution in [3.63, 3.8) is 0 Å². The summed E-state index contributed by atoms with van der Waals surface area (Å²) in [6.07, 6.45) is 2.17. The molecule has 0 radical (unpaired) electrons. The first-order valence-corrected chi connectivity index (χ1v) is 6.16. The van der Waals surface area contributed by atoms with Crippen LogP contribution in [-0.2, 0) is 4.74 Å². The molecule has 1 fully saturated rings. The zero-order valence-corrected chi connectivity index (χ0v) is 11.6. The van der Waals surface area contributed by atoms with E-state index < -0.39 is 11.7 Å². The van der Waals surface area contributed by atoms with Crippen molar-refractivity contribution in [2.75, 3.05) is 0 Å². The van der Waals surface area contributed by atoms with E-state index in [0.717, 1.165) is 6.42 Å². The molecule has 0 saturated carbocycles. The van der Waals surface area contributed by atoms with E-state index in [2.05, 4.69) is 11.9 Å². The third-order valence-electron chi connectivity index (χ3n) is 2.52. The van der Waals surface area contributed by atoms with Gasteiger partial charge in [0.25, 0.3) is 0 Å². The SMILES string of the molecule is C=CC1NC(=S)N(C(=O)OC(C)(C)C)C1CC. The summed E-state index contributed by atoms with van der Waals surface area (Å²) >= 11 is 5.16. The molecule has 0 aliphatic carbocycles. The molecule has 0 aromatic carbocycles. The van der Waals surface area contributed by atoms with Crippen LogP contribution >= 0.6 is 12.2 Å². The number of nitrogens with zero attached hydrogens (tertiary/aromatic N) is 1. The molecule has 17 heavy (non-hydrogen) atoms. The number of hydrogen-bond acceptors (Lipinski definition) is 3. The lowest BCUT2D eigenvalue weighted by Crippen LogP contribution is -2.43. The highest BCUT2D eigenvalue weighted by molar-refractivity contribution is 7.80. The standard InChI is InChI=1S/C12H20N2O2S/c1-6-8-9(7-2)14(10(17)13-8)11(15)16-12(3,4)5/h6,8-9H,1,7H2,2-5H3,(H,13,17). The summed E-state index contributed by atoms with van der Waals surface area (Å²) in [5.41, 5.74) is -0.517. The lowest BCUT2D eigenvalue weighted by molar-refractivity contribution is 0.0330. The largest absolute Gasteiger partial charge is 0.443 e. The predicted octanol–water partition coefficient (Wildman–Crippen LogP) is 2.44. The first-order valence-electron chi connectivity index (χ1n) is 5.75. The summed E-state index contributed by atoms with van der Waals surface area (Å²) in [5, 5.41) is 3.47. The van der Waals surface area contributed by atoms with E-state index in [9.17, 15) is 4.79 Å². The summed E-state index contributed by atoms with van der Waals surface area (Å²) in [5.74, 6) is 0. The molecule has 2 atom stereocenters. The van der Waals surface area contributed by atoms with Gasteiger partial charge in [-0.05, 0) is 39.4 Å². The second kappa shape index (κ2) is 5.04. The number of carbonyl (C=O) groups is 1. The molecule has 0 bridgehead atoms. The zero-order valence-electron chi connectivity index (χ0n) is 10.8. The highest BCUT2D eigenvalue weighted by Crippen LogP contribution is 2.21. The molecule has 5 heteroatoms. The van der Waals surface area contributed by atoms with Crippen molar-refractivity contribution in [3.05, 3.63) is 12.7 Å². The maximum Gasteiger partial charge on any atom is 0.416 e. The van der Waals surface area contributed by atoms with Crippen LogP contribution in [0.25, 0.3) is 0 Å². The van der Waals surface area contributed by atoms with E-state index in [4.69, 9.17) is 17.0 Å². The minimum Gasteiger partial charge on any atom is -0.443 e. The Morgan fingerprint density at radius 3 is 2.65 bits per heavy atom. The maximum atomic E-state index is 12.0. The number of amides is 1. The Balaban J connectivity index is 2.84. The molecular weight excluding hydrogens is 236 g/mol. The molecule has 1 N–H and O–H groups in total. The molecule has 0 spiro atoms. The van der Waals surface area contributed by atoms with Gasteiger partial charge in [0.15, 0.2) is 5.11 Å². The lowest BCUT2D eigenvalue weighted by atomic mass is 10.1. The van der Waals surface area contributed by atoms with Crippen LogP contribution in [0.4, 0.5) is 4.79 Å². The maximum absolute atomic E-state index is 12.0. The van der Waals surface area contributed by atoms with Gasteiger partial charge in [0.2, 0.25) is 0 Å². The van der Waals surface area contributed by atoms with E-state index in [0.29, 0.717) is 5.11 Å². The molecule has 4 nitrogen and oxygen atoms in total. The minimum atomic E-state index is -0.517. The molecule has 0 aromatic heterocycles. The molecule has 1 saturated heterocycles. The topological polar surface area (TPSA) is 41.6 Å². The minimum absolute atomic E-state index is 0.0000170. The Morgan fingerprint density at radius 1 is 1.65 bits per heavy atom. The van der Waals surface area contributed by atoms with Crippen LogP contribution in [0, 0.1) is 0 Å². The molecule has 1 aliphatic heterocycles. The second-order valence-corrected chi connectivity index (χ2v) is 5.42. The number of nitrogens with one attached hydrogen (secondary N) is 1. The molecule has 2 unspecified atom stereocenters. The molecule has 0 aromatic rings. The van der Waals surface area contributed by atoms with Crippen molar-refractivity contribution in [2.45, 2.75) is 51.8 Å². The van der Waals surface area contributed by atoms with E-state index in [1.807, 2.05) is 27.7 Å². The molecule has 1 aliphatic rings. The fourth-order valence-corrected chi connectivity index (χ4v) is 2.15. The molecule has 96 valence electrons. The van der Waals surface area contributed by atoms with Gasteiger partial charge in [0.1, 0.15) is 5.60 Å². The molecular formula is C12H20N2O2S. The van der Waals surface area contributed by atoms with Gasteiger partial charge in [-0.1, -0.05) is 13.0 Å². The van der Waals surface area contributed by atoms with Crippen LogP contribution in [0.5, 0.6) is 0 Å². The van der Waals surface area contributed by atoms with Gasteiger partial charge in [-0.15, -0.1) is 6.58 Å². The van der Waals surface area contributed by atoms with Crippen LogP contribution in [0.2, 0.25) is 0 Å². The van der Waals surface area contributed by atoms with Crippen molar-refractivity contribution < 1.29 is 9.53 Å². The molecule has 1 heterocycles. The Morgan fingerprint density at radius 2 is 2.24 bits per heavy atom. The van der Waals surface area contributed by atoms with Crippen molar-refractivity contribution in [3.8, 4) is 0 Å². The Hall–Kier alpha value is -1.10. The van der Waals surface area contributed by atoms with Gasteiger partial charge >= 0.3 is 6.09 Å². The van der Waals surface area contributed by atoms with Crippen LogP contribution in [-0.4, -0.2) is 33.8 Å². The number of ether oxygens (including phenoxy) is 1. The van der Waals surface area contributed by atoms with Crippen molar-refractivity contribution in [2.24, 2.45) is 0 Å². The third-order valence-corrected chi connectivity index (χ3v) is 2.83. The summed E-state index contributed by atoms with van der Waals surface area (Å²) in [7, 11) is 0. The predicted molar refractivity (Wildman–Crippen MR) is 71.9 cm³/mol. The van der Waals surface area contributed by atoms with Crippen LogP contribution in [0.3, 0.4) is 0 Å². The van der Waals surface area contributed by atoms with Gasteiger partial charge < -0.3 is 10.1 Å². The first kappa shape index (κ1) is 14.0. The zero-order chi connectivity index (χ0) is 13.2. The van der Waals surface area contributed by atoms with Gasteiger partial charge in [-0.25, -0.2) is 9.69 Å². The average Bonchev–Trinajstić information content (AvgIpc) is 2.51. The van der Waals surface area contributed by atoms with Gasteiger partial charge in [-0.3, -0.25) is 0 Å². The van der Waals surface area contributed by atoms with Gasteiger partial charge in [-0.2, -0.15) is 0 Å². The van der Waals surface area contributed by atoms with Crippen LogP contribution in [0.15, 0.2) is 12.7 Å². The lowest BCUT2D eigenvalue weighted by Gasteiger charge is -2.27. The molecule has 1 amide bonds. The van der Waals surface area contributed by atoms with Crippen molar-refractivity contribution in [1.82, 2.24) is 10.2 Å². The summed E-state index contributed by atoms with van der Waals surface area (Å²) in [6.45, 7) is 11.3. The number of hydrogen-bond donors (Lipinski definition) is 1.